The van der Waals surface area contributed by atoms with Crippen molar-refractivity contribution in [1.82, 2.24) is 4.90 Å². The molecule has 0 aromatic heterocycles. The van der Waals surface area contributed by atoms with Gasteiger partial charge in [0.25, 0.3) is 0 Å². The lowest BCUT2D eigenvalue weighted by atomic mass is 9.77. The summed E-state index contributed by atoms with van der Waals surface area (Å²) in [5, 5.41) is 0. The van der Waals surface area contributed by atoms with E-state index in [4.69, 9.17) is 9.47 Å². The van der Waals surface area contributed by atoms with Crippen LogP contribution in [0.25, 0.3) is 0 Å². The molecule has 0 N–H and O–H groups in total. The molecule has 0 radical (unpaired) electrons. The molecule has 6 rings (SSSR count). The van der Waals surface area contributed by atoms with E-state index in [-0.39, 0.29) is 17.7 Å². The molecule has 1 aliphatic carbocycles. The van der Waals surface area contributed by atoms with Crippen LogP contribution in [0, 0.1) is 11.8 Å². The van der Waals surface area contributed by atoms with Crippen LogP contribution in [0.5, 0.6) is 5.75 Å². The highest BCUT2D eigenvalue weighted by Gasteiger charge is 2.74. The van der Waals surface area contributed by atoms with Crippen LogP contribution in [0.2, 0.25) is 0 Å². The number of amides is 2. The van der Waals surface area contributed by atoms with Crippen LogP contribution in [-0.4, -0.2) is 41.0 Å². The van der Waals surface area contributed by atoms with Gasteiger partial charge >= 0.3 is 0 Å². The van der Waals surface area contributed by atoms with Crippen LogP contribution in [0.3, 0.4) is 0 Å². The number of carbonyl (C=O) groups is 4. The third-order valence-electron chi connectivity index (χ3n) is 7.24. The summed E-state index contributed by atoms with van der Waals surface area (Å²) >= 11 is 0. The first-order valence-corrected chi connectivity index (χ1v) is 11.4. The van der Waals surface area contributed by atoms with Gasteiger partial charge in [-0.25, -0.2) is 0 Å². The number of ketones is 2. The molecule has 174 valence electrons. The monoisotopic (exact) mass is 467 g/mol. The zero-order chi connectivity index (χ0) is 24.3. The Balaban J connectivity index is 1.45. The van der Waals surface area contributed by atoms with Gasteiger partial charge in [-0.1, -0.05) is 66.7 Å². The summed E-state index contributed by atoms with van der Waals surface area (Å²) in [6.07, 6.45) is -0.902. The summed E-state index contributed by atoms with van der Waals surface area (Å²) in [4.78, 5) is 56.1. The van der Waals surface area contributed by atoms with Crippen molar-refractivity contribution in [3.63, 3.8) is 0 Å². The second kappa shape index (κ2) is 7.71. The van der Waals surface area contributed by atoms with E-state index >= 15 is 0 Å². The van der Waals surface area contributed by atoms with Gasteiger partial charge in [0.2, 0.25) is 29.0 Å². The molecule has 35 heavy (non-hydrogen) atoms. The molecule has 2 aliphatic heterocycles. The molecule has 0 saturated carbocycles. The number of methoxy groups -OCH3 is 1. The van der Waals surface area contributed by atoms with Crippen LogP contribution in [0.15, 0.2) is 78.9 Å². The molecule has 3 atom stereocenters. The molecule has 0 bridgehead atoms. The van der Waals surface area contributed by atoms with Gasteiger partial charge in [0.05, 0.1) is 31.6 Å². The Kier molecular flexibility index (Phi) is 4.72. The summed E-state index contributed by atoms with van der Waals surface area (Å²) in [7, 11) is 1.56. The van der Waals surface area contributed by atoms with Crippen LogP contribution in [0.1, 0.15) is 37.9 Å². The first-order valence-electron chi connectivity index (χ1n) is 11.4. The van der Waals surface area contributed by atoms with Crippen molar-refractivity contribution in [1.29, 1.82) is 0 Å². The number of imide groups is 1. The van der Waals surface area contributed by atoms with E-state index in [1.165, 1.54) is 0 Å². The average Bonchev–Trinajstić information content (AvgIpc) is 3.46. The number of ether oxygens (including phenoxy) is 2. The van der Waals surface area contributed by atoms with Gasteiger partial charge in [-0.2, -0.15) is 0 Å². The number of Topliss-reactive ketones (excluding diaryl/α,β-unsaturated/α-hetero) is 2. The fourth-order valence-corrected chi connectivity index (χ4v) is 5.59. The normalized spacial score (nSPS) is 24.3. The molecule has 3 aromatic carbocycles. The number of nitrogens with zero attached hydrogens (tertiary/aromatic N) is 1. The molecular weight excluding hydrogens is 446 g/mol. The Hall–Kier alpha value is -4.10. The minimum absolute atomic E-state index is 0.0293. The number of hydrogen-bond acceptors (Lipinski definition) is 6. The minimum Gasteiger partial charge on any atom is -0.497 e. The zero-order valence-corrected chi connectivity index (χ0v) is 18.8. The van der Waals surface area contributed by atoms with Crippen LogP contribution in [0.4, 0.5) is 0 Å². The van der Waals surface area contributed by atoms with Crippen LogP contribution >= 0.6 is 0 Å². The first-order chi connectivity index (χ1) is 17.0. The Morgan fingerprint density at radius 3 is 2.00 bits per heavy atom. The van der Waals surface area contributed by atoms with Crippen molar-refractivity contribution in [3.8, 4) is 5.75 Å². The number of hydrogen-bond donors (Lipinski definition) is 0. The predicted octanol–water partition coefficient (Wildman–Crippen LogP) is 3.39. The van der Waals surface area contributed by atoms with Crippen LogP contribution < -0.4 is 4.74 Å². The first kappa shape index (κ1) is 21.4. The molecule has 2 saturated heterocycles. The Labute approximate surface area is 201 Å². The summed E-state index contributed by atoms with van der Waals surface area (Å²) < 4.78 is 11.4. The summed E-state index contributed by atoms with van der Waals surface area (Å²) in [6.45, 7) is 0.0293. The SMILES string of the molecule is COc1ccc(CN2C(=O)[C@H]3[C@H](c4ccccc4)OC4(C(=O)c5ccccc5C4=O)[C@H]3C2=O)cc1. The number of benzene rings is 3. The smallest absolute Gasteiger partial charge is 0.237 e. The number of fused-ring (bicyclic) bond motifs is 3. The molecule has 2 amide bonds. The van der Waals surface area contributed by atoms with E-state index in [9.17, 15) is 19.2 Å². The maximum Gasteiger partial charge on any atom is 0.237 e. The molecule has 7 nitrogen and oxygen atoms in total. The maximum absolute atomic E-state index is 13.8. The van der Waals surface area contributed by atoms with Gasteiger partial charge in [-0.15, -0.1) is 0 Å². The largest absolute Gasteiger partial charge is 0.497 e. The van der Waals surface area contributed by atoms with E-state index in [0.717, 1.165) is 10.5 Å². The van der Waals surface area contributed by atoms with Crippen molar-refractivity contribution in [3.05, 3.63) is 101 Å². The van der Waals surface area contributed by atoms with Gasteiger partial charge in [-0.05, 0) is 23.3 Å². The van der Waals surface area contributed by atoms with E-state index < -0.39 is 46.9 Å². The second-order valence-corrected chi connectivity index (χ2v) is 9.00. The number of rotatable bonds is 4. The van der Waals surface area contributed by atoms with E-state index in [2.05, 4.69) is 0 Å². The molecule has 0 unspecified atom stereocenters. The second-order valence-electron chi connectivity index (χ2n) is 9.00. The quantitative estimate of drug-likeness (QED) is 0.432. The topological polar surface area (TPSA) is 90.0 Å². The molecule has 1 spiro atoms. The third-order valence-corrected chi connectivity index (χ3v) is 7.24. The van der Waals surface area contributed by atoms with Gasteiger partial charge in [0.15, 0.2) is 0 Å². The Morgan fingerprint density at radius 1 is 0.800 bits per heavy atom. The standard InChI is InChI=1S/C28H21NO6/c1-34-18-13-11-16(12-14-18)15-29-26(32)21-22(27(29)33)28(35-23(21)17-7-3-2-4-8-17)24(30)19-9-5-6-10-20(19)25(28)31/h2-14,21-23H,15H2,1H3/t21-,22-,23+/m1/s1. The van der Waals surface area contributed by atoms with Crippen molar-refractivity contribution >= 4 is 23.4 Å². The number of likely N-dealkylation sites (tertiary alicyclic amines) is 1. The van der Waals surface area contributed by atoms with Gasteiger partial charge < -0.3 is 9.47 Å². The molecule has 2 fully saturated rings. The summed E-state index contributed by atoms with van der Waals surface area (Å²) in [6, 6.07) is 22.5. The molecule has 2 heterocycles. The van der Waals surface area contributed by atoms with Crippen molar-refractivity contribution in [2.75, 3.05) is 7.11 Å². The maximum atomic E-state index is 13.8. The summed E-state index contributed by atoms with van der Waals surface area (Å²) in [5.41, 5.74) is -0.233. The molecular formula is C28H21NO6. The zero-order valence-electron chi connectivity index (χ0n) is 18.8. The molecule has 7 heteroatoms. The van der Waals surface area contributed by atoms with E-state index in [1.807, 2.05) is 6.07 Å². The third kappa shape index (κ3) is 2.88. The van der Waals surface area contributed by atoms with Gasteiger partial charge in [-0.3, -0.25) is 24.1 Å². The molecule has 3 aliphatic rings. The van der Waals surface area contributed by atoms with E-state index in [1.54, 1.807) is 79.9 Å². The lowest BCUT2D eigenvalue weighted by molar-refractivity contribution is -0.145. The average molecular weight is 467 g/mol. The highest BCUT2D eigenvalue weighted by atomic mass is 16.5. The minimum atomic E-state index is -2.05. The van der Waals surface area contributed by atoms with E-state index in [0.29, 0.717) is 11.3 Å². The summed E-state index contributed by atoms with van der Waals surface area (Å²) in [5.74, 6) is -3.68. The fourth-order valence-electron chi connectivity index (χ4n) is 5.59. The Bertz CT molecular complexity index is 1350. The van der Waals surface area contributed by atoms with Crippen LogP contribution in [-0.2, 0) is 20.9 Å². The highest BCUT2D eigenvalue weighted by Crippen LogP contribution is 2.57. The predicted molar refractivity (Wildman–Crippen MR) is 124 cm³/mol. The lowest BCUT2D eigenvalue weighted by Crippen LogP contribution is -2.50. The van der Waals surface area contributed by atoms with Gasteiger partial charge in [0, 0.05) is 11.1 Å². The van der Waals surface area contributed by atoms with Crippen molar-refractivity contribution < 1.29 is 28.7 Å². The fraction of sp³-hybridized carbons (Fsp3) is 0.214. The lowest BCUT2D eigenvalue weighted by Gasteiger charge is -2.27. The van der Waals surface area contributed by atoms with Crippen molar-refractivity contribution in [2.24, 2.45) is 11.8 Å². The Morgan fingerprint density at radius 2 is 1.40 bits per heavy atom. The van der Waals surface area contributed by atoms with Crippen molar-refractivity contribution in [2.45, 2.75) is 18.2 Å². The number of carbonyl (C=O) groups excluding carboxylic acids is 4. The highest BCUT2D eigenvalue weighted by molar-refractivity contribution is 6.35. The molecule has 3 aromatic rings. The van der Waals surface area contributed by atoms with Gasteiger partial charge in [0.1, 0.15) is 5.75 Å².